The van der Waals surface area contributed by atoms with Crippen LogP contribution in [0.2, 0.25) is 0 Å². The number of rotatable bonds is 33. The molecule has 0 radical (unpaired) electrons. The normalized spacial score (nSPS) is 11.2. The number of esters is 2. The van der Waals surface area contributed by atoms with Gasteiger partial charge in [-0.05, 0) is 144 Å². The topological polar surface area (TPSA) is 71.1 Å². The molecular weight excluding hydrogens is 1060 g/mol. The summed E-state index contributed by atoms with van der Waals surface area (Å²) in [4.78, 5) is 25.2. The molecule has 0 aliphatic heterocycles. The molecule has 0 bridgehead atoms. The van der Waals surface area contributed by atoms with E-state index in [2.05, 4.69) is 13.8 Å². The van der Waals surface area contributed by atoms with E-state index in [1.165, 1.54) is 49.7 Å². The van der Waals surface area contributed by atoms with Gasteiger partial charge in [-0.1, -0.05) is 199 Å². The minimum Gasteiger partial charge on any atom is -0.494 e. The van der Waals surface area contributed by atoms with Crippen molar-refractivity contribution in [3.05, 3.63) is 204 Å². The number of aryl methyl sites for hydroxylation is 2. The van der Waals surface area contributed by atoms with Gasteiger partial charge in [0.15, 0.2) is 23.3 Å². The predicted molar refractivity (Wildman–Crippen MR) is 330 cm³/mol. The molecule has 0 aliphatic rings. The van der Waals surface area contributed by atoms with Crippen LogP contribution in [0.3, 0.4) is 0 Å². The zero-order valence-electron chi connectivity index (χ0n) is 48.7. The fourth-order valence-electron chi connectivity index (χ4n) is 10.3. The molecule has 0 fully saturated rings. The zero-order valence-corrected chi connectivity index (χ0v) is 48.7. The van der Waals surface area contributed by atoms with E-state index in [1.54, 1.807) is 72.8 Å². The lowest BCUT2D eigenvalue weighted by Crippen LogP contribution is -2.07. The van der Waals surface area contributed by atoms with E-state index in [9.17, 15) is 9.59 Å². The maximum absolute atomic E-state index is 15.4. The van der Waals surface area contributed by atoms with E-state index in [1.807, 2.05) is 97.1 Å². The third-order valence-corrected chi connectivity index (χ3v) is 15.3. The van der Waals surface area contributed by atoms with Crippen molar-refractivity contribution in [1.29, 1.82) is 0 Å². The summed E-state index contributed by atoms with van der Waals surface area (Å²) in [5.41, 5.74) is 7.47. The summed E-state index contributed by atoms with van der Waals surface area (Å²) in [6.45, 7) is 5.50. The Labute approximate surface area is 494 Å². The molecule has 6 nitrogen and oxygen atoms in total. The lowest BCUT2D eigenvalue weighted by Gasteiger charge is -2.11. The van der Waals surface area contributed by atoms with Gasteiger partial charge in [-0.2, -0.15) is 0 Å². The van der Waals surface area contributed by atoms with Crippen molar-refractivity contribution >= 4 is 11.9 Å². The number of benzene rings is 8. The van der Waals surface area contributed by atoms with Gasteiger partial charge in [0.25, 0.3) is 0 Å². The first-order valence-electron chi connectivity index (χ1n) is 30.3. The van der Waals surface area contributed by atoms with Crippen LogP contribution >= 0.6 is 0 Å². The average Bonchev–Trinajstić information content (AvgIpc) is 3.65. The Morgan fingerprint density at radius 3 is 0.893 bits per heavy atom. The number of hydrogen-bond donors (Lipinski definition) is 0. The molecule has 8 rings (SSSR count). The minimum atomic E-state index is -0.914. The summed E-state index contributed by atoms with van der Waals surface area (Å²) in [6, 6.07) is 50.7. The molecule has 0 saturated heterocycles. The van der Waals surface area contributed by atoms with E-state index in [4.69, 9.17) is 18.9 Å². The van der Waals surface area contributed by atoms with E-state index in [0.29, 0.717) is 59.8 Å². The van der Waals surface area contributed by atoms with Gasteiger partial charge in [0, 0.05) is 35.1 Å². The van der Waals surface area contributed by atoms with Crippen LogP contribution in [-0.4, -0.2) is 25.2 Å². The molecule has 0 saturated carbocycles. The Balaban J connectivity index is 0.648. The van der Waals surface area contributed by atoms with Gasteiger partial charge in [-0.3, -0.25) is 9.59 Å². The Morgan fingerprint density at radius 2 is 0.571 bits per heavy atom. The molecule has 0 atom stereocenters. The molecular formula is C74H78F4O6. The van der Waals surface area contributed by atoms with E-state index in [0.717, 1.165) is 86.8 Å². The second kappa shape index (κ2) is 32.8. The molecule has 0 N–H and O–H groups in total. The molecule has 8 aromatic carbocycles. The van der Waals surface area contributed by atoms with Crippen molar-refractivity contribution in [2.45, 2.75) is 142 Å². The summed E-state index contributed by atoms with van der Waals surface area (Å²) in [7, 11) is 0. The van der Waals surface area contributed by atoms with Crippen LogP contribution in [0.4, 0.5) is 17.6 Å². The molecule has 0 spiro atoms. The second-order valence-corrected chi connectivity index (χ2v) is 21.7. The molecule has 0 heterocycles. The van der Waals surface area contributed by atoms with Crippen LogP contribution in [0, 0.1) is 23.3 Å². The quantitative estimate of drug-likeness (QED) is 0.0177. The number of carbonyl (C=O) groups excluding carboxylic acids is 2. The van der Waals surface area contributed by atoms with Gasteiger partial charge >= 0.3 is 11.9 Å². The van der Waals surface area contributed by atoms with Crippen molar-refractivity contribution in [3.63, 3.8) is 0 Å². The summed E-state index contributed by atoms with van der Waals surface area (Å²) in [6.07, 6.45) is 18.4. The van der Waals surface area contributed by atoms with Gasteiger partial charge in [-0.15, -0.1) is 0 Å². The summed E-state index contributed by atoms with van der Waals surface area (Å²) < 4.78 is 84.4. The first-order chi connectivity index (χ1) is 41.1. The summed E-state index contributed by atoms with van der Waals surface area (Å²) in [5.74, 6) is -2.02. The fourth-order valence-corrected chi connectivity index (χ4v) is 10.3. The molecule has 0 aromatic heterocycles. The Kier molecular flexibility index (Phi) is 24.2. The molecule has 438 valence electrons. The monoisotopic (exact) mass is 1140 g/mol. The van der Waals surface area contributed by atoms with E-state index < -0.39 is 23.3 Å². The van der Waals surface area contributed by atoms with Crippen LogP contribution in [0.1, 0.15) is 141 Å². The molecule has 0 amide bonds. The van der Waals surface area contributed by atoms with E-state index in [-0.39, 0.29) is 47.0 Å². The van der Waals surface area contributed by atoms with Crippen molar-refractivity contribution in [1.82, 2.24) is 0 Å². The zero-order chi connectivity index (χ0) is 58.9. The maximum Gasteiger partial charge on any atom is 0.311 e. The third kappa shape index (κ3) is 18.5. The Bertz CT molecular complexity index is 3080. The first kappa shape index (κ1) is 62.1. The van der Waals surface area contributed by atoms with Crippen molar-refractivity contribution < 1.29 is 46.1 Å². The Hall–Kier alpha value is -7.98. The fraction of sp³-hybridized carbons (Fsp3) is 0.324. The number of hydrogen-bond acceptors (Lipinski definition) is 6. The van der Waals surface area contributed by atoms with Crippen LogP contribution in [0.5, 0.6) is 23.0 Å². The van der Waals surface area contributed by atoms with E-state index >= 15 is 17.6 Å². The molecule has 0 aliphatic carbocycles. The van der Waals surface area contributed by atoms with Crippen LogP contribution in [0.25, 0.3) is 55.6 Å². The highest BCUT2D eigenvalue weighted by Crippen LogP contribution is 2.35. The smallest absolute Gasteiger partial charge is 0.311 e. The van der Waals surface area contributed by atoms with Crippen molar-refractivity contribution in [2.24, 2.45) is 0 Å². The first-order valence-corrected chi connectivity index (χ1v) is 30.3. The largest absolute Gasteiger partial charge is 0.494 e. The SMILES string of the molecule is CCCCCCc1ccc(-c2ccc(-c3ccc(OC(=O)CCCCCCOc4ccc(-c5ccc(OCCCCCCC(=O)Oc6ccc(-c7ccc(-c8ccc(CCCCCC)cc8)c(F)c7F)cc6)cc5)cc4)cc3)c(F)c2F)cc1. The minimum absolute atomic E-state index is 0.142. The molecule has 10 heteroatoms. The maximum atomic E-state index is 15.4. The summed E-state index contributed by atoms with van der Waals surface area (Å²) in [5, 5.41) is 0. The number of carbonyl (C=O) groups is 2. The number of ether oxygens (including phenoxy) is 4. The van der Waals surface area contributed by atoms with Gasteiger partial charge in [0.2, 0.25) is 0 Å². The highest BCUT2D eigenvalue weighted by molar-refractivity contribution is 5.76. The molecule has 0 unspecified atom stereocenters. The highest BCUT2D eigenvalue weighted by atomic mass is 19.2. The number of unbranched alkanes of at least 4 members (excludes halogenated alkanes) is 12. The van der Waals surface area contributed by atoms with Crippen LogP contribution < -0.4 is 18.9 Å². The van der Waals surface area contributed by atoms with Crippen LogP contribution in [0.15, 0.2) is 170 Å². The molecule has 84 heavy (non-hydrogen) atoms. The van der Waals surface area contributed by atoms with Gasteiger partial charge in [0.05, 0.1) is 13.2 Å². The highest BCUT2D eigenvalue weighted by Gasteiger charge is 2.19. The van der Waals surface area contributed by atoms with Gasteiger partial charge < -0.3 is 18.9 Å². The average molecular weight is 1140 g/mol. The van der Waals surface area contributed by atoms with Crippen LogP contribution in [-0.2, 0) is 22.4 Å². The van der Waals surface area contributed by atoms with Crippen molar-refractivity contribution in [2.75, 3.05) is 13.2 Å². The number of halogens is 4. The Morgan fingerprint density at radius 1 is 0.298 bits per heavy atom. The summed E-state index contributed by atoms with van der Waals surface area (Å²) >= 11 is 0. The van der Waals surface area contributed by atoms with Gasteiger partial charge in [0.1, 0.15) is 23.0 Å². The molecule has 8 aromatic rings. The van der Waals surface area contributed by atoms with Crippen molar-refractivity contribution in [3.8, 4) is 78.6 Å². The van der Waals surface area contributed by atoms with Gasteiger partial charge in [-0.25, -0.2) is 17.6 Å². The third-order valence-electron chi connectivity index (χ3n) is 15.3. The predicted octanol–water partition coefficient (Wildman–Crippen LogP) is 20.7. The second-order valence-electron chi connectivity index (χ2n) is 21.7. The lowest BCUT2D eigenvalue weighted by molar-refractivity contribution is -0.135. The lowest BCUT2D eigenvalue weighted by atomic mass is 9.97. The standard InChI is InChI=1S/C74H78F4O6/c1-3-5-7-13-19-53-23-27-57(28-24-53)65-47-49-67(73(77)71(65)75)59-35-43-63(44-36-59)83-69(79)21-15-9-11-17-51-81-61-39-31-55(32-40-61)56-33-41-62(42-34-56)82-52-18-12-10-16-22-70(80)84-64-45-37-60(38-46-64)68-50-48-66(72(76)74(68)78)58-29-25-54(26-30-58)20-14-8-6-4-2/h23-50H,3-22,51-52H2,1-2H3.